The van der Waals surface area contributed by atoms with Gasteiger partial charge in [-0.25, -0.2) is 4.79 Å². The van der Waals surface area contributed by atoms with Gasteiger partial charge in [-0.3, -0.25) is 19.9 Å². The minimum absolute atomic E-state index is 0.0754. The Bertz CT molecular complexity index is 1420. The van der Waals surface area contributed by atoms with Gasteiger partial charge in [-0.2, -0.15) is 13.2 Å². The van der Waals surface area contributed by atoms with Crippen LogP contribution in [0, 0.1) is 16.0 Å². The van der Waals surface area contributed by atoms with Crippen molar-refractivity contribution in [1.82, 2.24) is 5.32 Å². The first-order chi connectivity index (χ1) is 21.2. The highest BCUT2D eigenvalue weighted by atomic mass is 19.4. The molecule has 0 aromatic heterocycles. The molecule has 0 spiro atoms. The van der Waals surface area contributed by atoms with Crippen LogP contribution in [0.25, 0.3) is 0 Å². The first-order valence-electron chi connectivity index (χ1n) is 14.2. The molecular weight excluding hydrogens is 599 g/mol. The molecule has 1 heterocycles. The molecule has 3 atom stereocenters. The first kappa shape index (κ1) is 35.2. The number of alkyl halides is 3. The number of hydrogen-bond acceptors (Lipinski definition) is 10. The van der Waals surface area contributed by atoms with Gasteiger partial charge in [0, 0.05) is 36.3 Å². The minimum atomic E-state index is -5.06. The highest BCUT2D eigenvalue weighted by molar-refractivity contribution is 6.10. The predicted molar refractivity (Wildman–Crippen MR) is 158 cm³/mol. The summed E-state index contributed by atoms with van der Waals surface area (Å²) in [5.41, 5.74) is -1.75. The standard InChI is InChI=1S/C31H36F3N3O8/c1-18(2)35-16-23(38)17-45-24-12-10-20(11-13-24)7-6-14-44-30(40)25-19(3)36-28(31(32,33)34)27(29(39)43-4)26(25)21-8-5-9-22(15-21)37(41)42/h5,8-13,15,18,23,26-27,35,38H,6-7,14,16-17H2,1-4H3. The van der Waals surface area contributed by atoms with Crippen LogP contribution in [0.5, 0.6) is 5.75 Å². The lowest BCUT2D eigenvalue weighted by Gasteiger charge is -2.32. The number of methoxy groups -OCH3 is 1. The summed E-state index contributed by atoms with van der Waals surface area (Å²) in [6, 6.07) is 12.1. The molecule has 0 fully saturated rings. The van der Waals surface area contributed by atoms with Crippen molar-refractivity contribution < 1.29 is 47.0 Å². The summed E-state index contributed by atoms with van der Waals surface area (Å²) in [5.74, 6) is -5.45. The molecule has 0 bridgehead atoms. The number of nitrogens with zero attached hydrogens (tertiary/aromatic N) is 2. The van der Waals surface area contributed by atoms with E-state index < -0.39 is 52.4 Å². The van der Waals surface area contributed by atoms with Crippen LogP contribution in [0.4, 0.5) is 18.9 Å². The fourth-order valence-electron chi connectivity index (χ4n) is 4.83. The zero-order valence-electron chi connectivity index (χ0n) is 25.3. The molecule has 11 nitrogen and oxygen atoms in total. The second-order valence-corrected chi connectivity index (χ2v) is 10.7. The van der Waals surface area contributed by atoms with Gasteiger partial charge in [0.25, 0.3) is 5.69 Å². The second kappa shape index (κ2) is 15.6. The van der Waals surface area contributed by atoms with Crippen molar-refractivity contribution in [2.45, 2.75) is 57.9 Å². The molecule has 14 heteroatoms. The van der Waals surface area contributed by atoms with Crippen LogP contribution < -0.4 is 10.1 Å². The van der Waals surface area contributed by atoms with E-state index in [4.69, 9.17) is 9.47 Å². The van der Waals surface area contributed by atoms with Gasteiger partial charge in [-0.1, -0.05) is 38.1 Å². The Morgan fingerprint density at radius 2 is 1.84 bits per heavy atom. The van der Waals surface area contributed by atoms with Gasteiger partial charge < -0.3 is 24.6 Å². The van der Waals surface area contributed by atoms with Crippen molar-refractivity contribution in [2.75, 3.05) is 26.9 Å². The summed E-state index contributed by atoms with van der Waals surface area (Å²) in [4.78, 5) is 40.3. The number of allylic oxidation sites excluding steroid dienone is 1. The molecule has 0 saturated heterocycles. The number of carbonyl (C=O) groups excluding carboxylic acids is 2. The smallest absolute Gasteiger partial charge is 0.430 e. The molecule has 0 radical (unpaired) electrons. The molecular formula is C31H36F3N3O8. The maximum Gasteiger partial charge on any atom is 0.430 e. The maximum absolute atomic E-state index is 14.0. The van der Waals surface area contributed by atoms with E-state index in [0.29, 0.717) is 25.1 Å². The van der Waals surface area contributed by atoms with Crippen LogP contribution in [0.15, 0.2) is 64.8 Å². The Hall–Kier alpha value is -4.30. The zero-order chi connectivity index (χ0) is 33.3. The van der Waals surface area contributed by atoms with E-state index in [1.807, 2.05) is 26.0 Å². The van der Waals surface area contributed by atoms with Crippen LogP contribution in [0.2, 0.25) is 0 Å². The van der Waals surface area contributed by atoms with Crippen molar-refractivity contribution in [3.05, 3.63) is 81.0 Å². The molecule has 0 saturated carbocycles. The maximum atomic E-state index is 14.0. The molecule has 1 aliphatic rings. The van der Waals surface area contributed by atoms with E-state index in [1.165, 1.54) is 19.1 Å². The number of aryl methyl sites for hydroxylation is 1. The quantitative estimate of drug-likeness (QED) is 0.131. The predicted octanol–water partition coefficient (Wildman–Crippen LogP) is 4.67. The molecule has 2 aromatic carbocycles. The number of non-ortho nitro benzene ring substituents is 1. The number of esters is 2. The lowest BCUT2D eigenvalue weighted by atomic mass is 9.75. The van der Waals surface area contributed by atoms with E-state index >= 15 is 0 Å². The number of nitro benzene ring substituents is 1. The summed E-state index contributed by atoms with van der Waals surface area (Å²) < 4.78 is 57.8. The van der Waals surface area contributed by atoms with E-state index in [0.717, 1.165) is 24.8 Å². The monoisotopic (exact) mass is 635 g/mol. The third kappa shape index (κ3) is 9.59. The first-order valence-corrected chi connectivity index (χ1v) is 14.2. The topological polar surface area (TPSA) is 150 Å². The lowest BCUT2D eigenvalue weighted by molar-refractivity contribution is -0.384. The molecule has 2 N–H and O–H groups in total. The van der Waals surface area contributed by atoms with E-state index in [-0.39, 0.29) is 36.1 Å². The summed E-state index contributed by atoms with van der Waals surface area (Å²) in [5, 5.41) is 24.5. The van der Waals surface area contributed by atoms with Gasteiger partial charge in [0.05, 0.1) is 24.2 Å². The van der Waals surface area contributed by atoms with E-state index in [9.17, 15) is 38.0 Å². The third-order valence-electron chi connectivity index (χ3n) is 6.99. The van der Waals surface area contributed by atoms with Gasteiger partial charge in [0.2, 0.25) is 0 Å². The van der Waals surface area contributed by atoms with Gasteiger partial charge in [0.1, 0.15) is 30.1 Å². The average molecular weight is 636 g/mol. The number of nitro groups is 1. The Labute approximate surface area is 258 Å². The van der Waals surface area contributed by atoms with Gasteiger partial charge in [-0.15, -0.1) is 0 Å². The molecule has 45 heavy (non-hydrogen) atoms. The molecule has 0 amide bonds. The summed E-state index contributed by atoms with van der Waals surface area (Å²) in [6.07, 6.45) is -4.88. The van der Waals surface area contributed by atoms with Crippen LogP contribution in [-0.4, -0.2) is 72.9 Å². The molecule has 1 aliphatic heterocycles. The highest BCUT2D eigenvalue weighted by Gasteiger charge is 2.52. The molecule has 3 rings (SSSR count). The lowest BCUT2D eigenvalue weighted by Crippen LogP contribution is -2.43. The number of carbonyl (C=O) groups is 2. The van der Waals surface area contributed by atoms with Crippen LogP contribution in [-0.2, 0) is 25.5 Å². The molecule has 0 aliphatic carbocycles. The fourth-order valence-corrected chi connectivity index (χ4v) is 4.83. The van der Waals surface area contributed by atoms with Crippen molar-refractivity contribution in [3.63, 3.8) is 0 Å². The van der Waals surface area contributed by atoms with Crippen LogP contribution >= 0.6 is 0 Å². The van der Waals surface area contributed by atoms with E-state index in [1.54, 1.807) is 12.1 Å². The number of aliphatic hydroxyl groups excluding tert-OH is 1. The third-order valence-corrected chi connectivity index (χ3v) is 6.99. The average Bonchev–Trinajstić information content (AvgIpc) is 3.00. The number of aliphatic hydroxyl groups is 1. The number of ether oxygens (including phenoxy) is 3. The minimum Gasteiger partial charge on any atom is -0.491 e. The molecule has 2 aromatic rings. The SMILES string of the molecule is COC(=O)C1C(C(F)(F)F)=NC(C)=C(C(=O)OCCCc2ccc(OCC(O)CNC(C)C)cc2)C1c1cccc([N+](=O)[O-])c1. The van der Waals surface area contributed by atoms with Crippen molar-refractivity contribution >= 4 is 23.3 Å². The Morgan fingerprint density at radius 1 is 1.16 bits per heavy atom. The van der Waals surface area contributed by atoms with Gasteiger partial charge >= 0.3 is 18.1 Å². The number of halogens is 3. The fraction of sp³-hybridized carbons (Fsp3) is 0.452. The number of benzene rings is 2. The number of hydrogen-bond donors (Lipinski definition) is 2. The second-order valence-electron chi connectivity index (χ2n) is 10.7. The number of nitrogens with one attached hydrogen (secondary N) is 1. The summed E-state index contributed by atoms with van der Waals surface area (Å²) >= 11 is 0. The summed E-state index contributed by atoms with van der Waals surface area (Å²) in [7, 11) is 0.900. The van der Waals surface area contributed by atoms with Crippen molar-refractivity contribution in [3.8, 4) is 5.75 Å². The number of aliphatic imine (C=N–C) groups is 1. The Balaban J connectivity index is 1.74. The van der Waals surface area contributed by atoms with Crippen molar-refractivity contribution in [1.29, 1.82) is 0 Å². The summed E-state index contributed by atoms with van der Waals surface area (Å²) in [6.45, 7) is 5.54. The zero-order valence-corrected chi connectivity index (χ0v) is 25.3. The Morgan fingerprint density at radius 3 is 2.44 bits per heavy atom. The number of rotatable bonds is 14. The van der Waals surface area contributed by atoms with Gasteiger partial charge in [0.15, 0.2) is 0 Å². The normalized spacial score (nSPS) is 17.5. The Kier molecular flexibility index (Phi) is 12.2. The van der Waals surface area contributed by atoms with E-state index in [2.05, 4.69) is 15.0 Å². The van der Waals surface area contributed by atoms with Crippen LogP contribution in [0.3, 0.4) is 0 Å². The largest absolute Gasteiger partial charge is 0.491 e. The molecule has 3 unspecified atom stereocenters. The van der Waals surface area contributed by atoms with Crippen LogP contribution in [0.1, 0.15) is 44.2 Å². The highest BCUT2D eigenvalue weighted by Crippen LogP contribution is 2.44. The van der Waals surface area contributed by atoms with Gasteiger partial charge in [-0.05, 0) is 43.0 Å². The van der Waals surface area contributed by atoms with Crippen molar-refractivity contribution in [2.24, 2.45) is 10.9 Å². The molecule has 244 valence electrons.